The highest BCUT2D eigenvalue weighted by Gasteiger charge is 2.07. The quantitative estimate of drug-likeness (QED) is 0.648. The van der Waals surface area contributed by atoms with Gasteiger partial charge in [0, 0.05) is 30.5 Å². The van der Waals surface area contributed by atoms with Crippen LogP contribution in [0.2, 0.25) is 0 Å². The van der Waals surface area contributed by atoms with Gasteiger partial charge >= 0.3 is 0 Å². The van der Waals surface area contributed by atoms with E-state index < -0.39 is 0 Å². The van der Waals surface area contributed by atoms with E-state index >= 15 is 0 Å². The summed E-state index contributed by atoms with van der Waals surface area (Å²) in [5, 5.41) is 26.7. The van der Waals surface area contributed by atoms with Crippen LogP contribution in [0.1, 0.15) is 24.2 Å². The molecule has 0 aromatic carbocycles. The Labute approximate surface area is 98.8 Å². The summed E-state index contributed by atoms with van der Waals surface area (Å²) in [5.74, 6) is 0. The third kappa shape index (κ3) is 3.11. The Morgan fingerprint density at radius 1 is 1.59 bits per heavy atom. The molecule has 2 rings (SSSR count). The number of aliphatic hydroxyl groups is 1. The monoisotopic (exact) mass is 236 g/mol. The molecule has 0 spiro atoms. The Morgan fingerprint density at radius 3 is 3.18 bits per heavy atom. The molecule has 7 nitrogen and oxygen atoms in total. The van der Waals surface area contributed by atoms with Crippen LogP contribution in [0.5, 0.6) is 0 Å². The SMILES string of the molecule is CC(NCc1cn(CCO)nn1)c1cn[nH]c1. The van der Waals surface area contributed by atoms with Crippen molar-refractivity contribution in [3.63, 3.8) is 0 Å². The van der Waals surface area contributed by atoms with Gasteiger partial charge in [-0.3, -0.25) is 5.10 Å². The number of hydrogen-bond donors (Lipinski definition) is 3. The number of hydrogen-bond acceptors (Lipinski definition) is 5. The Morgan fingerprint density at radius 2 is 2.47 bits per heavy atom. The molecule has 7 heteroatoms. The molecule has 0 fully saturated rings. The average Bonchev–Trinajstić information content (AvgIpc) is 2.97. The zero-order valence-corrected chi connectivity index (χ0v) is 9.67. The molecule has 1 unspecified atom stereocenters. The van der Waals surface area contributed by atoms with Crippen LogP contribution in [0.15, 0.2) is 18.6 Å². The van der Waals surface area contributed by atoms with Crippen molar-refractivity contribution in [2.75, 3.05) is 6.61 Å². The van der Waals surface area contributed by atoms with Crippen molar-refractivity contribution < 1.29 is 5.11 Å². The predicted molar refractivity (Wildman–Crippen MR) is 61.0 cm³/mol. The number of aromatic amines is 1. The van der Waals surface area contributed by atoms with Gasteiger partial charge in [0.05, 0.1) is 25.0 Å². The third-order valence-corrected chi connectivity index (χ3v) is 2.52. The van der Waals surface area contributed by atoms with Gasteiger partial charge in [0.15, 0.2) is 0 Å². The third-order valence-electron chi connectivity index (χ3n) is 2.52. The van der Waals surface area contributed by atoms with Gasteiger partial charge in [-0.15, -0.1) is 5.10 Å². The van der Waals surface area contributed by atoms with E-state index in [1.54, 1.807) is 10.9 Å². The number of aromatic nitrogens is 5. The molecular weight excluding hydrogens is 220 g/mol. The minimum atomic E-state index is 0.0711. The largest absolute Gasteiger partial charge is 0.394 e. The summed E-state index contributed by atoms with van der Waals surface area (Å²) < 4.78 is 1.62. The number of H-pyrrole nitrogens is 1. The number of nitrogens with one attached hydrogen (secondary N) is 2. The molecule has 17 heavy (non-hydrogen) atoms. The number of aliphatic hydroxyl groups excluding tert-OH is 1. The van der Waals surface area contributed by atoms with Crippen LogP contribution in [0, 0.1) is 0 Å². The molecule has 0 bridgehead atoms. The van der Waals surface area contributed by atoms with Crippen molar-refractivity contribution in [1.82, 2.24) is 30.5 Å². The Bertz CT molecular complexity index is 437. The van der Waals surface area contributed by atoms with E-state index in [9.17, 15) is 0 Å². The smallest absolute Gasteiger partial charge is 0.0965 e. The molecule has 0 amide bonds. The van der Waals surface area contributed by atoms with Crippen molar-refractivity contribution >= 4 is 0 Å². The van der Waals surface area contributed by atoms with Crippen molar-refractivity contribution in [3.8, 4) is 0 Å². The van der Waals surface area contributed by atoms with E-state index in [4.69, 9.17) is 5.11 Å². The van der Waals surface area contributed by atoms with Gasteiger partial charge in [-0.05, 0) is 6.92 Å². The minimum absolute atomic E-state index is 0.0711. The second-order valence-electron chi connectivity index (χ2n) is 3.83. The van der Waals surface area contributed by atoms with Crippen LogP contribution >= 0.6 is 0 Å². The fourth-order valence-electron chi connectivity index (χ4n) is 1.50. The van der Waals surface area contributed by atoms with Gasteiger partial charge in [-0.25, -0.2) is 4.68 Å². The van der Waals surface area contributed by atoms with Gasteiger partial charge in [0.2, 0.25) is 0 Å². The maximum absolute atomic E-state index is 8.76. The van der Waals surface area contributed by atoms with Crippen LogP contribution in [-0.2, 0) is 13.1 Å². The Kier molecular flexibility index (Phi) is 3.84. The molecule has 1 atom stereocenters. The summed E-state index contributed by atoms with van der Waals surface area (Å²) in [7, 11) is 0. The summed E-state index contributed by atoms with van der Waals surface area (Å²) in [6, 6.07) is 0.205. The zero-order chi connectivity index (χ0) is 12.1. The van der Waals surface area contributed by atoms with Gasteiger partial charge in [-0.1, -0.05) is 5.21 Å². The molecule has 0 saturated carbocycles. The molecular formula is C10H16N6O. The lowest BCUT2D eigenvalue weighted by Crippen LogP contribution is -2.17. The van der Waals surface area contributed by atoms with Crippen molar-refractivity contribution in [3.05, 3.63) is 29.8 Å². The van der Waals surface area contributed by atoms with Crippen molar-refractivity contribution in [2.45, 2.75) is 26.1 Å². The van der Waals surface area contributed by atoms with E-state index in [1.807, 2.05) is 12.4 Å². The van der Waals surface area contributed by atoms with Gasteiger partial charge in [-0.2, -0.15) is 5.10 Å². The fourth-order valence-corrected chi connectivity index (χ4v) is 1.50. The molecule has 3 N–H and O–H groups in total. The summed E-state index contributed by atoms with van der Waals surface area (Å²) in [4.78, 5) is 0. The first kappa shape index (κ1) is 11.7. The maximum atomic E-state index is 8.76. The number of nitrogens with zero attached hydrogens (tertiary/aromatic N) is 4. The summed E-state index contributed by atoms with van der Waals surface area (Å²) >= 11 is 0. The molecule has 0 aliphatic carbocycles. The van der Waals surface area contributed by atoms with Crippen LogP contribution in [0.25, 0.3) is 0 Å². The van der Waals surface area contributed by atoms with Crippen LogP contribution in [0.4, 0.5) is 0 Å². The molecule has 2 aromatic rings. The lowest BCUT2D eigenvalue weighted by atomic mass is 10.2. The maximum Gasteiger partial charge on any atom is 0.0965 e. The molecule has 2 heterocycles. The zero-order valence-electron chi connectivity index (χ0n) is 9.67. The van der Waals surface area contributed by atoms with Crippen molar-refractivity contribution in [1.29, 1.82) is 0 Å². The Balaban J connectivity index is 1.84. The predicted octanol–water partition coefficient (Wildman–Crippen LogP) is -0.156. The molecule has 0 radical (unpaired) electrons. The van der Waals surface area contributed by atoms with E-state index in [0.717, 1.165) is 11.3 Å². The van der Waals surface area contributed by atoms with Gasteiger partial charge < -0.3 is 10.4 Å². The van der Waals surface area contributed by atoms with Gasteiger partial charge in [0.25, 0.3) is 0 Å². The lowest BCUT2D eigenvalue weighted by Gasteiger charge is -2.09. The van der Waals surface area contributed by atoms with E-state index in [2.05, 4.69) is 32.7 Å². The molecule has 0 aliphatic rings. The second kappa shape index (κ2) is 5.55. The van der Waals surface area contributed by atoms with Gasteiger partial charge in [0.1, 0.15) is 0 Å². The first-order valence-electron chi connectivity index (χ1n) is 5.51. The van der Waals surface area contributed by atoms with Crippen LogP contribution < -0.4 is 5.32 Å². The fraction of sp³-hybridized carbons (Fsp3) is 0.500. The summed E-state index contributed by atoms with van der Waals surface area (Å²) in [6.45, 7) is 3.24. The van der Waals surface area contributed by atoms with E-state index in [0.29, 0.717) is 13.1 Å². The Hall–Kier alpha value is -1.73. The molecule has 2 aromatic heterocycles. The first-order valence-corrected chi connectivity index (χ1v) is 5.51. The first-order chi connectivity index (χ1) is 8.29. The molecule has 92 valence electrons. The lowest BCUT2D eigenvalue weighted by molar-refractivity contribution is 0.268. The molecule has 0 saturated heterocycles. The number of rotatable bonds is 6. The van der Waals surface area contributed by atoms with Crippen molar-refractivity contribution in [2.24, 2.45) is 0 Å². The minimum Gasteiger partial charge on any atom is -0.394 e. The highest BCUT2D eigenvalue weighted by atomic mass is 16.3. The topological polar surface area (TPSA) is 91.7 Å². The summed E-state index contributed by atoms with van der Waals surface area (Å²) in [5.41, 5.74) is 1.96. The second-order valence-corrected chi connectivity index (χ2v) is 3.83. The molecule has 0 aliphatic heterocycles. The average molecular weight is 236 g/mol. The van der Waals surface area contributed by atoms with E-state index in [1.165, 1.54) is 0 Å². The van der Waals surface area contributed by atoms with Crippen LogP contribution in [-0.4, -0.2) is 36.9 Å². The van der Waals surface area contributed by atoms with Crippen LogP contribution in [0.3, 0.4) is 0 Å². The summed E-state index contributed by atoms with van der Waals surface area (Å²) in [6.07, 6.45) is 5.48. The highest BCUT2D eigenvalue weighted by molar-refractivity contribution is 5.08. The van der Waals surface area contributed by atoms with E-state index in [-0.39, 0.29) is 12.6 Å². The normalized spacial score (nSPS) is 12.8. The highest BCUT2D eigenvalue weighted by Crippen LogP contribution is 2.09. The standard InChI is InChI=1S/C10H16N6O/c1-8(9-4-12-13-5-9)11-6-10-7-16(2-3-17)15-14-10/h4-5,7-8,11,17H,2-3,6H2,1H3,(H,12,13).